The minimum atomic E-state index is -0.761. The van der Waals surface area contributed by atoms with Crippen LogP contribution >= 0.6 is 48.0 Å². The highest BCUT2D eigenvalue weighted by molar-refractivity contribution is 8.23. The van der Waals surface area contributed by atoms with E-state index in [1.54, 1.807) is 23.5 Å². The molecule has 12 heteroatoms. The van der Waals surface area contributed by atoms with Crippen LogP contribution in [-0.4, -0.2) is 101 Å². The fourth-order valence-electron chi connectivity index (χ4n) is 4.46. The number of thiocarbonyl (C=S) groups is 2. The largest absolute Gasteiger partial charge is 0.480 e. The molecule has 0 aliphatic carbocycles. The first kappa shape index (κ1) is 31.6. The molecule has 0 radical (unpaired) electrons. The van der Waals surface area contributed by atoms with Crippen LogP contribution < -0.4 is 0 Å². The highest BCUT2D eigenvalue weighted by Crippen LogP contribution is 2.25. The molecule has 2 unspecified atom stereocenters. The molecule has 0 spiro atoms. The summed E-state index contributed by atoms with van der Waals surface area (Å²) < 4.78 is 1.70. The average Bonchev–Trinajstić information content (AvgIpc) is 2.80. The van der Waals surface area contributed by atoms with Crippen molar-refractivity contribution in [3.63, 3.8) is 0 Å². The van der Waals surface area contributed by atoms with E-state index in [0.717, 1.165) is 47.4 Å². The van der Waals surface area contributed by atoms with E-state index in [4.69, 9.17) is 24.4 Å². The van der Waals surface area contributed by atoms with Gasteiger partial charge in [-0.15, -0.1) is 0 Å². The molecule has 2 rings (SSSR count). The number of unbranched alkanes of at least 4 members (excludes halogenated alkanes) is 3. The summed E-state index contributed by atoms with van der Waals surface area (Å²) in [7, 11) is 0. The second kappa shape index (κ2) is 15.7. The fraction of sp³-hybridized carbons (Fsp3) is 0.833. The molecule has 0 amide bonds. The molecule has 0 aromatic carbocycles. The van der Waals surface area contributed by atoms with E-state index in [1.807, 2.05) is 9.80 Å². The summed E-state index contributed by atoms with van der Waals surface area (Å²) in [6, 6.07) is -0.953. The number of carboxylic acids is 2. The Morgan fingerprint density at radius 3 is 1.42 bits per heavy atom. The number of carboxylic acid groups (broad SMARTS) is 2. The van der Waals surface area contributed by atoms with Gasteiger partial charge in [0.1, 0.15) is 20.7 Å². The van der Waals surface area contributed by atoms with E-state index in [0.29, 0.717) is 49.8 Å². The van der Waals surface area contributed by atoms with Crippen LogP contribution in [0.5, 0.6) is 0 Å². The second-order valence-corrected chi connectivity index (χ2v) is 13.6. The zero-order chi connectivity index (χ0) is 26.8. The standard InChI is InChI=1S/C24H42N4O4S4/c1-17(2)11-19(21(29)30)27-13-25(23(33)35-15-27)9-7-5-6-8-10-26-14-28(16-36-24(26)34)20(22(31)32)12-18(3)4/h17-20H,5-16H2,1-4H3,(H,29,30)(H,31,32). The van der Waals surface area contributed by atoms with Crippen LogP contribution in [0.25, 0.3) is 0 Å². The van der Waals surface area contributed by atoms with Crippen LogP contribution in [0.1, 0.15) is 66.2 Å². The Balaban J connectivity index is 1.74. The zero-order valence-electron chi connectivity index (χ0n) is 21.9. The predicted molar refractivity (Wildman–Crippen MR) is 157 cm³/mol. The monoisotopic (exact) mass is 578 g/mol. The molecule has 206 valence electrons. The first-order valence-corrected chi connectivity index (χ1v) is 15.6. The van der Waals surface area contributed by atoms with Gasteiger partial charge in [-0.2, -0.15) is 0 Å². The van der Waals surface area contributed by atoms with Crippen molar-refractivity contribution < 1.29 is 19.8 Å². The van der Waals surface area contributed by atoms with Crippen molar-refractivity contribution in [2.24, 2.45) is 11.8 Å². The molecule has 2 fully saturated rings. The van der Waals surface area contributed by atoms with E-state index in [1.165, 1.54) is 0 Å². The fourth-order valence-corrected chi connectivity index (χ4v) is 6.81. The molecule has 2 heterocycles. The maximum Gasteiger partial charge on any atom is 0.321 e. The molecule has 0 aromatic rings. The van der Waals surface area contributed by atoms with Gasteiger partial charge in [0.05, 0.1) is 25.1 Å². The average molecular weight is 579 g/mol. The lowest BCUT2D eigenvalue weighted by molar-refractivity contribution is -0.145. The molecule has 2 aliphatic heterocycles. The van der Waals surface area contributed by atoms with Crippen molar-refractivity contribution in [3.05, 3.63) is 0 Å². The topological polar surface area (TPSA) is 87.6 Å². The van der Waals surface area contributed by atoms with E-state index in [2.05, 4.69) is 37.5 Å². The van der Waals surface area contributed by atoms with Gasteiger partial charge >= 0.3 is 11.9 Å². The summed E-state index contributed by atoms with van der Waals surface area (Å²) in [5.41, 5.74) is 0. The summed E-state index contributed by atoms with van der Waals surface area (Å²) in [6.07, 6.45) is 5.38. The highest BCUT2D eigenvalue weighted by Gasteiger charge is 2.33. The van der Waals surface area contributed by atoms with Gasteiger partial charge in [-0.3, -0.25) is 19.4 Å². The Bertz CT molecular complexity index is 708. The van der Waals surface area contributed by atoms with Gasteiger partial charge in [0.25, 0.3) is 0 Å². The maximum absolute atomic E-state index is 11.8. The Labute approximate surface area is 235 Å². The molecule has 0 aromatic heterocycles. The van der Waals surface area contributed by atoms with Gasteiger partial charge in [0.15, 0.2) is 0 Å². The molecular weight excluding hydrogens is 537 g/mol. The molecule has 0 saturated carbocycles. The van der Waals surface area contributed by atoms with Gasteiger partial charge < -0.3 is 20.0 Å². The molecule has 2 atom stereocenters. The number of rotatable bonds is 15. The van der Waals surface area contributed by atoms with Crippen LogP contribution in [0.15, 0.2) is 0 Å². The predicted octanol–water partition coefficient (Wildman–Crippen LogP) is 4.65. The lowest BCUT2D eigenvalue weighted by atomic mass is 10.0. The third kappa shape index (κ3) is 10.2. The first-order valence-electron chi connectivity index (χ1n) is 12.8. The summed E-state index contributed by atoms with van der Waals surface area (Å²) in [5, 5.41) is 19.4. The Morgan fingerprint density at radius 2 is 1.11 bits per heavy atom. The molecule has 0 bridgehead atoms. The number of nitrogens with zero attached hydrogens (tertiary/aromatic N) is 4. The van der Waals surface area contributed by atoms with Crippen molar-refractivity contribution in [2.75, 3.05) is 38.2 Å². The van der Waals surface area contributed by atoms with Crippen molar-refractivity contribution in [1.82, 2.24) is 19.6 Å². The van der Waals surface area contributed by atoms with Gasteiger partial charge in [-0.05, 0) is 37.5 Å². The molecule has 2 saturated heterocycles. The summed E-state index contributed by atoms with van der Waals surface area (Å²) in [4.78, 5) is 31.9. The van der Waals surface area contributed by atoms with Crippen molar-refractivity contribution in [3.8, 4) is 0 Å². The van der Waals surface area contributed by atoms with Crippen LogP contribution in [0.2, 0.25) is 0 Å². The van der Waals surface area contributed by atoms with E-state index in [-0.39, 0.29) is 0 Å². The summed E-state index contributed by atoms with van der Waals surface area (Å²) >= 11 is 14.2. The zero-order valence-corrected chi connectivity index (χ0v) is 25.2. The van der Waals surface area contributed by atoms with E-state index >= 15 is 0 Å². The third-order valence-electron chi connectivity index (χ3n) is 6.38. The minimum Gasteiger partial charge on any atom is -0.480 e. The maximum atomic E-state index is 11.8. The smallest absolute Gasteiger partial charge is 0.321 e. The van der Waals surface area contributed by atoms with Gasteiger partial charge in [0.2, 0.25) is 0 Å². The Kier molecular flexibility index (Phi) is 13.7. The number of hydrogen-bond acceptors (Lipinski definition) is 8. The number of hydrogen-bond donors (Lipinski definition) is 2. The van der Waals surface area contributed by atoms with Crippen LogP contribution in [0.3, 0.4) is 0 Å². The van der Waals surface area contributed by atoms with Gasteiger partial charge in [-0.25, -0.2) is 0 Å². The molecule has 8 nitrogen and oxygen atoms in total. The molecule has 2 aliphatic rings. The van der Waals surface area contributed by atoms with Crippen molar-refractivity contribution >= 4 is 68.5 Å². The van der Waals surface area contributed by atoms with Gasteiger partial charge in [-0.1, -0.05) is 88.5 Å². The summed E-state index contributed by atoms with van der Waals surface area (Å²) in [5.74, 6) is 0.378. The Morgan fingerprint density at radius 1 is 0.750 bits per heavy atom. The molecular formula is C24H42N4O4S4. The Hall–Kier alpha value is -0.660. The molecule has 2 N–H and O–H groups in total. The second-order valence-electron chi connectivity index (χ2n) is 10.4. The minimum absolute atomic E-state index is 0.321. The third-order valence-corrected chi connectivity index (χ3v) is 9.53. The lowest BCUT2D eigenvalue weighted by Gasteiger charge is -2.40. The number of thioether (sulfide) groups is 2. The molecule has 36 heavy (non-hydrogen) atoms. The van der Waals surface area contributed by atoms with Gasteiger partial charge in [0, 0.05) is 13.1 Å². The normalized spacial score (nSPS) is 19.8. The van der Waals surface area contributed by atoms with Crippen LogP contribution in [0.4, 0.5) is 0 Å². The first-order chi connectivity index (χ1) is 17.0. The van der Waals surface area contributed by atoms with Crippen LogP contribution in [-0.2, 0) is 9.59 Å². The summed E-state index contributed by atoms with van der Waals surface area (Å²) in [6.45, 7) is 11.0. The quantitative estimate of drug-likeness (QED) is 0.210. The van der Waals surface area contributed by atoms with Crippen molar-refractivity contribution in [1.29, 1.82) is 0 Å². The number of carbonyl (C=O) groups is 2. The highest BCUT2D eigenvalue weighted by atomic mass is 32.2. The van der Waals surface area contributed by atoms with Crippen molar-refractivity contribution in [2.45, 2.75) is 78.3 Å². The van der Waals surface area contributed by atoms with E-state index < -0.39 is 24.0 Å². The number of aliphatic carboxylic acids is 2. The lowest BCUT2D eigenvalue weighted by Crippen LogP contribution is -2.52. The SMILES string of the molecule is CC(C)CC(C(=O)O)N1CSC(=S)N(CCCCCCN2CN(C(CC(C)C)C(=O)O)CSC2=S)C1. The van der Waals surface area contributed by atoms with E-state index in [9.17, 15) is 19.8 Å². The van der Waals surface area contributed by atoms with Crippen LogP contribution in [0, 0.1) is 11.8 Å².